The van der Waals surface area contributed by atoms with Crippen molar-refractivity contribution < 1.29 is 8.42 Å². The summed E-state index contributed by atoms with van der Waals surface area (Å²) in [5.74, 6) is 0. The number of rotatable bonds is 3. The molecule has 3 rings (SSSR count). The summed E-state index contributed by atoms with van der Waals surface area (Å²) in [5.41, 5.74) is 3.35. The van der Waals surface area contributed by atoms with Gasteiger partial charge in [-0.2, -0.15) is 0 Å². The Bertz CT molecular complexity index is 752. The maximum absolute atomic E-state index is 12.3. The second-order valence-corrected chi connectivity index (χ2v) is 7.13. The van der Waals surface area contributed by atoms with Crippen molar-refractivity contribution in [2.24, 2.45) is 0 Å². The van der Waals surface area contributed by atoms with Crippen molar-refractivity contribution in [3.05, 3.63) is 71.1 Å². The molecule has 1 atom stereocenters. The quantitative estimate of drug-likeness (QED) is 0.945. The van der Waals surface area contributed by atoms with Gasteiger partial charge in [0.1, 0.15) is 0 Å². The molecule has 1 N–H and O–H groups in total. The van der Waals surface area contributed by atoms with Gasteiger partial charge in [0.15, 0.2) is 9.84 Å². The SMILES string of the molecule is Cc1ccc(S(=O)(=O)/C=C/C2Cc3ccccc3N2)cc1. The van der Waals surface area contributed by atoms with Crippen LogP contribution in [0.15, 0.2) is 64.9 Å². The Kier molecular flexibility index (Phi) is 3.55. The maximum atomic E-state index is 12.3. The molecular formula is C17H17NO2S. The zero-order chi connectivity index (χ0) is 14.9. The Labute approximate surface area is 125 Å². The first-order valence-electron chi connectivity index (χ1n) is 6.89. The highest BCUT2D eigenvalue weighted by Gasteiger charge is 2.18. The first-order valence-corrected chi connectivity index (χ1v) is 8.44. The van der Waals surface area contributed by atoms with Crippen molar-refractivity contribution >= 4 is 15.5 Å². The first-order chi connectivity index (χ1) is 10.0. The molecule has 2 aromatic carbocycles. The fraction of sp³-hybridized carbons (Fsp3) is 0.176. The first kappa shape index (κ1) is 13.9. The molecule has 0 saturated carbocycles. The van der Waals surface area contributed by atoms with Gasteiger partial charge in [0, 0.05) is 17.1 Å². The summed E-state index contributed by atoms with van der Waals surface area (Å²) in [6, 6.07) is 15.0. The van der Waals surface area contributed by atoms with Gasteiger partial charge in [-0.25, -0.2) is 8.42 Å². The highest BCUT2D eigenvalue weighted by molar-refractivity contribution is 7.94. The number of anilines is 1. The standard InChI is InChI=1S/C17H17NO2S/c1-13-6-8-16(9-7-13)21(19,20)11-10-15-12-14-4-2-3-5-17(14)18-15/h2-11,15,18H,12H2,1H3/b11-10+. The van der Waals surface area contributed by atoms with Crippen LogP contribution in [-0.4, -0.2) is 14.5 Å². The Morgan fingerprint density at radius 3 is 2.52 bits per heavy atom. The predicted octanol–water partition coefficient (Wildman–Crippen LogP) is 3.32. The number of aryl methyl sites for hydroxylation is 1. The highest BCUT2D eigenvalue weighted by atomic mass is 32.2. The van der Waals surface area contributed by atoms with E-state index in [1.54, 1.807) is 18.2 Å². The Morgan fingerprint density at radius 1 is 1.10 bits per heavy atom. The Morgan fingerprint density at radius 2 is 1.81 bits per heavy atom. The zero-order valence-corrected chi connectivity index (χ0v) is 12.6. The van der Waals surface area contributed by atoms with E-state index in [-0.39, 0.29) is 6.04 Å². The summed E-state index contributed by atoms with van der Waals surface area (Å²) in [4.78, 5) is 0.333. The van der Waals surface area contributed by atoms with Gasteiger partial charge in [0.05, 0.1) is 4.90 Å². The second kappa shape index (κ2) is 5.37. The maximum Gasteiger partial charge on any atom is 0.199 e. The van der Waals surface area contributed by atoms with Gasteiger partial charge < -0.3 is 5.32 Å². The predicted molar refractivity (Wildman–Crippen MR) is 85.1 cm³/mol. The number of hydrogen-bond donors (Lipinski definition) is 1. The molecule has 4 heteroatoms. The van der Waals surface area contributed by atoms with E-state index >= 15 is 0 Å². The fourth-order valence-electron chi connectivity index (χ4n) is 2.45. The second-order valence-electron chi connectivity index (χ2n) is 5.30. The summed E-state index contributed by atoms with van der Waals surface area (Å²) >= 11 is 0. The molecule has 2 aromatic rings. The van der Waals surface area contributed by atoms with E-state index in [9.17, 15) is 8.42 Å². The van der Waals surface area contributed by atoms with Crippen LogP contribution in [0, 0.1) is 6.92 Å². The minimum Gasteiger partial charge on any atom is -0.378 e. The van der Waals surface area contributed by atoms with E-state index in [1.165, 1.54) is 11.0 Å². The van der Waals surface area contributed by atoms with Crippen LogP contribution in [0.5, 0.6) is 0 Å². The van der Waals surface area contributed by atoms with Crippen LogP contribution in [0.1, 0.15) is 11.1 Å². The summed E-state index contributed by atoms with van der Waals surface area (Å²) in [6.45, 7) is 1.94. The van der Waals surface area contributed by atoms with E-state index in [2.05, 4.69) is 11.4 Å². The molecule has 0 aliphatic carbocycles. The molecule has 108 valence electrons. The van der Waals surface area contributed by atoms with Crippen molar-refractivity contribution in [1.29, 1.82) is 0 Å². The van der Waals surface area contributed by atoms with E-state index < -0.39 is 9.84 Å². The molecule has 1 unspecified atom stereocenters. The largest absolute Gasteiger partial charge is 0.378 e. The number of nitrogens with one attached hydrogen (secondary N) is 1. The molecule has 0 aromatic heterocycles. The number of benzene rings is 2. The van der Waals surface area contributed by atoms with Crippen molar-refractivity contribution in [1.82, 2.24) is 0 Å². The Balaban J connectivity index is 1.76. The van der Waals surface area contributed by atoms with Crippen molar-refractivity contribution in [3.8, 4) is 0 Å². The Hall–Kier alpha value is -2.07. The number of fused-ring (bicyclic) bond motifs is 1. The third-order valence-corrected chi connectivity index (χ3v) is 5.08. The van der Waals surface area contributed by atoms with Crippen LogP contribution in [0.25, 0.3) is 0 Å². The third kappa shape index (κ3) is 3.00. The normalized spacial score (nSPS) is 17.7. The van der Waals surface area contributed by atoms with Crippen LogP contribution in [0.2, 0.25) is 0 Å². The molecule has 0 bridgehead atoms. The highest BCUT2D eigenvalue weighted by Crippen LogP contribution is 2.26. The summed E-state index contributed by atoms with van der Waals surface area (Å²) in [7, 11) is -3.37. The van der Waals surface area contributed by atoms with Gasteiger partial charge in [0.25, 0.3) is 0 Å². The number of sulfone groups is 1. The molecule has 1 heterocycles. The lowest BCUT2D eigenvalue weighted by atomic mass is 10.1. The van der Waals surface area contributed by atoms with Crippen LogP contribution in [0.4, 0.5) is 5.69 Å². The fourth-order valence-corrected chi connectivity index (χ4v) is 3.52. The van der Waals surface area contributed by atoms with Crippen LogP contribution < -0.4 is 5.32 Å². The molecule has 0 saturated heterocycles. The lowest BCUT2D eigenvalue weighted by Gasteiger charge is -2.05. The summed E-state index contributed by atoms with van der Waals surface area (Å²) in [6.07, 6.45) is 2.55. The van der Waals surface area contributed by atoms with Gasteiger partial charge in [-0.3, -0.25) is 0 Å². The summed E-state index contributed by atoms with van der Waals surface area (Å²) in [5, 5.41) is 4.62. The van der Waals surface area contributed by atoms with E-state index in [0.29, 0.717) is 4.90 Å². The minimum absolute atomic E-state index is 0.0302. The van der Waals surface area contributed by atoms with E-state index in [4.69, 9.17) is 0 Å². The van der Waals surface area contributed by atoms with E-state index in [1.807, 2.05) is 37.3 Å². The minimum atomic E-state index is -3.37. The zero-order valence-electron chi connectivity index (χ0n) is 11.8. The topological polar surface area (TPSA) is 46.2 Å². The van der Waals surface area contributed by atoms with Crippen molar-refractivity contribution in [2.75, 3.05) is 5.32 Å². The van der Waals surface area contributed by atoms with Crippen molar-refractivity contribution in [3.63, 3.8) is 0 Å². The van der Waals surface area contributed by atoms with Crippen LogP contribution >= 0.6 is 0 Å². The molecular weight excluding hydrogens is 282 g/mol. The lowest BCUT2D eigenvalue weighted by molar-refractivity contribution is 0.604. The van der Waals surface area contributed by atoms with Crippen LogP contribution in [0.3, 0.4) is 0 Å². The van der Waals surface area contributed by atoms with Crippen LogP contribution in [-0.2, 0) is 16.3 Å². The molecule has 1 aliphatic rings. The molecule has 0 fully saturated rings. The van der Waals surface area contributed by atoms with Gasteiger partial charge in [-0.15, -0.1) is 0 Å². The lowest BCUT2D eigenvalue weighted by Crippen LogP contribution is -2.12. The number of hydrogen-bond acceptors (Lipinski definition) is 3. The molecule has 1 aliphatic heterocycles. The average molecular weight is 299 g/mol. The molecule has 3 nitrogen and oxygen atoms in total. The summed E-state index contributed by atoms with van der Waals surface area (Å²) < 4.78 is 24.5. The van der Waals surface area contributed by atoms with Gasteiger partial charge in [-0.05, 0) is 37.1 Å². The smallest absolute Gasteiger partial charge is 0.199 e. The monoisotopic (exact) mass is 299 g/mol. The molecule has 0 amide bonds. The molecule has 0 spiro atoms. The van der Waals surface area contributed by atoms with E-state index in [0.717, 1.165) is 17.7 Å². The van der Waals surface area contributed by atoms with Gasteiger partial charge >= 0.3 is 0 Å². The third-order valence-electron chi connectivity index (χ3n) is 3.64. The molecule has 0 radical (unpaired) electrons. The van der Waals surface area contributed by atoms with Crippen molar-refractivity contribution in [2.45, 2.75) is 24.3 Å². The molecule has 21 heavy (non-hydrogen) atoms. The van der Waals surface area contributed by atoms with Gasteiger partial charge in [0.2, 0.25) is 0 Å². The average Bonchev–Trinajstić information content (AvgIpc) is 2.89. The number of para-hydroxylation sites is 1. The van der Waals surface area contributed by atoms with Gasteiger partial charge in [-0.1, -0.05) is 42.0 Å².